The molecule has 0 unspecified atom stereocenters. The molecule has 0 saturated heterocycles. The first-order valence-electron chi connectivity index (χ1n) is 14.2. The quantitative estimate of drug-likeness (QED) is 0.0783. The minimum absolute atomic E-state index is 0.276. The molecule has 192 valence electrons. The molecule has 0 spiro atoms. The Bertz CT molecular complexity index is 360. The molecule has 0 aliphatic heterocycles. The second-order valence-electron chi connectivity index (χ2n) is 9.54. The van der Waals surface area contributed by atoms with E-state index < -0.39 is 0 Å². The highest BCUT2D eigenvalue weighted by atomic mass is 16.5. The smallest absolute Gasteiger partial charge is 0.180 e. The molecule has 4 heteroatoms. The summed E-state index contributed by atoms with van der Waals surface area (Å²) >= 11 is 0. The molecule has 0 rings (SSSR count). The first-order chi connectivity index (χ1) is 15.7. The first kappa shape index (κ1) is 31.4. The fraction of sp³-hybridized carbons (Fsp3) is 0.964. The molecule has 0 aromatic heterocycles. The molecule has 0 radical (unpaired) electrons. The van der Waals surface area contributed by atoms with Gasteiger partial charge in [-0.3, -0.25) is 5.41 Å². The third-order valence-electron chi connectivity index (χ3n) is 6.31. The molecule has 0 atom stereocenters. The maximum Gasteiger partial charge on any atom is 0.180 e. The van der Waals surface area contributed by atoms with Crippen molar-refractivity contribution in [3.8, 4) is 0 Å². The number of methoxy groups -OCH3 is 1. The SMILES string of the molecule is CCCCCCCCC(CCCCCCCC)OC(=N)CCCCCCCNCCOC. The maximum atomic E-state index is 8.33. The average Bonchev–Trinajstić information content (AvgIpc) is 2.79. The Morgan fingerprint density at radius 1 is 0.656 bits per heavy atom. The second kappa shape index (κ2) is 26.6. The number of hydrogen-bond donors (Lipinski definition) is 2. The van der Waals surface area contributed by atoms with Gasteiger partial charge in [0, 0.05) is 20.1 Å². The Balaban J connectivity index is 3.91. The van der Waals surface area contributed by atoms with E-state index in [4.69, 9.17) is 14.9 Å². The summed E-state index contributed by atoms with van der Waals surface area (Å²) in [6.07, 6.45) is 25.4. The van der Waals surface area contributed by atoms with Crippen LogP contribution in [0.4, 0.5) is 0 Å². The Labute approximate surface area is 201 Å². The van der Waals surface area contributed by atoms with E-state index in [1.54, 1.807) is 7.11 Å². The number of rotatable bonds is 26. The van der Waals surface area contributed by atoms with E-state index in [0.717, 1.165) is 45.4 Å². The molecule has 2 N–H and O–H groups in total. The Morgan fingerprint density at radius 2 is 1.16 bits per heavy atom. The number of ether oxygens (including phenoxy) is 2. The molecule has 0 aromatic carbocycles. The van der Waals surface area contributed by atoms with Gasteiger partial charge < -0.3 is 14.8 Å². The molecule has 0 aliphatic rings. The normalized spacial score (nSPS) is 11.4. The summed E-state index contributed by atoms with van der Waals surface area (Å²) in [5.41, 5.74) is 0. The summed E-state index contributed by atoms with van der Waals surface area (Å²) in [5.74, 6) is 0.535. The van der Waals surface area contributed by atoms with Crippen LogP contribution in [0.25, 0.3) is 0 Å². The van der Waals surface area contributed by atoms with Gasteiger partial charge in [0.25, 0.3) is 0 Å². The number of nitrogens with one attached hydrogen (secondary N) is 2. The van der Waals surface area contributed by atoms with Gasteiger partial charge in [-0.05, 0) is 45.1 Å². The average molecular weight is 455 g/mol. The monoisotopic (exact) mass is 454 g/mol. The zero-order valence-corrected chi connectivity index (χ0v) is 22.2. The molecule has 0 saturated carbocycles. The predicted octanol–water partition coefficient (Wildman–Crippen LogP) is 8.43. The second-order valence-corrected chi connectivity index (χ2v) is 9.54. The highest BCUT2D eigenvalue weighted by Gasteiger charge is 2.12. The van der Waals surface area contributed by atoms with E-state index >= 15 is 0 Å². The lowest BCUT2D eigenvalue weighted by atomic mass is 10.0. The molecule has 0 bridgehead atoms. The van der Waals surface area contributed by atoms with E-state index in [1.165, 1.54) is 103 Å². The molecule has 0 aliphatic carbocycles. The van der Waals surface area contributed by atoms with Gasteiger partial charge in [-0.2, -0.15) is 0 Å². The summed E-state index contributed by atoms with van der Waals surface area (Å²) in [7, 11) is 1.74. The lowest BCUT2D eigenvalue weighted by molar-refractivity contribution is 0.153. The highest BCUT2D eigenvalue weighted by molar-refractivity contribution is 5.72. The van der Waals surface area contributed by atoms with Crippen LogP contribution in [0.5, 0.6) is 0 Å². The predicted molar refractivity (Wildman–Crippen MR) is 141 cm³/mol. The third kappa shape index (κ3) is 24.0. The highest BCUT2D eigenvalue weighted by Crippen LogP contribution is 2.18. The van der Waals surface area contributed by atoms with Crippen LogP contribution >= 0.6 is 0 Å². The standard InChI is InChI=1S/C28H58N2O2/c1-4-6-8-10-13-17-21-27(22-18-14-11-9-7-5-2)32-28(29)23-19-15-12-16-20-24-30-25-26-31-3/h27,29-30H,4-26H2,1-3H3. The molecule has 0 heterocycles. The molecule has 0 amide bonds. The third-order valence-corrected chi connectivity index (χ3v) is 6.31. The van der Waals surface area contributed by atoms with E-state index in [-0.39, 0.29) is 6.10 Å². The maximum absolute atomic E-state index is 8.33. The van der Waals surface area contributed by atoms with Crippen molar-refractivity contribution in [1.82, 2.24) is 5.32 Å². The van der Waals surface area contributed by atoms with Crippen molar-refractivity contribution in [3.63, 3.8) is 0 Å². The topological polar surface area (TPSA) is 54.3 Å². The van der Waals surface area contributed by atoms with Crippen LogP contribution in [0.15, 0.2) is 0 Å². The van der Waals surface area contributed by atoms with E-state index in [0.29, 0.717) is 5.90 Å². The minimum Gasteiger partial charge on any atom is -0.478 e. The van der Waals surface area contributed by atoms with Crippen molar-refractivity contribution in [2.75, 3.05) is 26.8 Å². The summed E-state index contributed by atoms with van der Waals surface area (Å²) < 4.78 is 11.2. The van der Waals surface area contributed by atoms with Gasteiger partial charge >= 0.3 is 0 Å². The van der Waals surface area contributed by atoms with E-state index in [9.17, 15) is 0 Å². The van der Waals surface area contributed by atoms with E-state index in [1.807, 2.05) is 0 Å². The number of hydrogen-bond acceptors (Lipinski definition) is 4. The van der Waals surface area contributed by atoms with Crippen LogP contribution in [-0.2, 0) is 9.47 Å². The van der Waals surface area contributed by atoms with Crippen molar-refractivity contribution in [1.29, 1.82) is 5.41 Å². The molecule has 32 heavy (non-hydrogen) atoms. The summed E-state index contributed by atoms with van der Waals surface area (Å²) in [6, 6.07) is 0. The van der Waals surface area contributed by atoms with Crippen LogP contribution in [-0.4, -0.2) is 38.8 Å². The van der Waals surface area contributed by atoms with Crippen LogP contribution in [0.3, 0.4) is 0 Å². The van der Waals surface area contributed by atoms with Gasteiger partial charge in [0.1, 0.15) is 6.10 Å². The lowest BCUT2D eigenvalue weighted by Gasteiger charge is -2.20. The van der Waals surface area contributed by atoms with Gasteiger partial charge in [-0.15, -0.1) is 0 Å². The van der Waals surface area contributed by atoms with E-state index in [2.05, 4.69) is 19.2 Å². The zero-order valence-electron chi connectivity index (χ0n) is 22.2. The fourth-order valence-corrected chi connectivity index (χ4v) is 4.19. The zero-order chi connectivity index (χ0) is 23.5. The number of unbranched alkanes of at least 4 members (excludes halogenated alkanes) is 14. The van der Waals surface area contributed by atoms with Crippen LogP contribution in [0, 0.1) is 5.41 Å². The molecule has 4 nitrogen and oxygen atoms in total. The fourth-order valence-electron chi connectivity index (χ4n) is 4.19. The Morgan fingerprint density at radius 3 is 1.72 bits per heavy atom. The van der Waals surface area contributed by atoms with Crippen molar-refractivity contribution in [2.45, 2.75) is 148 Å². The minimum atomic E-state index is 0.276. The van der Waals surface area contributed by atoms with Gasteiger partial charge in [-0.25, -0.2) is 0 Å². The van der Waals surface area contributed by atoms with Crippen molar-refractivity contribution in [3.05, 3.63) is 0 Å². The Hall–Kier alpha value is -0.610. The first-order valence-corrected chi connectivity index (χ1v) is 14.2. The molecular weight excluding hydrogens is 396 g/mol. The lowest BCUT2D eigenvalue weighted by Crippen LogP contribution is -2.20. The van der Waals surface area contributed by atoms with Crippen LogP contribution in [0.1, 0.15) is 142 Å². The summed E-state index contributed by atoms with van der Waals surface area (Å²) in [4.78, 5) is 0. The van der Waals surface area contributed by atoms with Crippen LogP contribution < -0.4 is 5.32 Å². The van der Waals surface area contributed by atoms with Crippen molar-refractivity contribution >= 4 is 5.90 Å². The Kier molecular flexibility index (Phi) is 26.1. The molecular formula is C28H58N2O2. The van der Waals surface area contributed by atoms with Gasteiger partial charge in [0.15, 0.2) is 5.90 Å². The van der Waals surface area contributed by atoms with Gasteiger partial charge in [0.2, 0.25) is 0 Å². The molecule has 0 fully saturated rings. The van der Waals surface area contributed by atoms with Crippen molar-refractivity contribution in [2.24, 2.45) is 0 Å². The van der Waals surface area contributed by atoms with Gasteiger partial charge in [-0.1, -0.05) is 97.3 Å². The summed E-state index contributed by atoms with van der Waals surface area (Å²) in [5, 5.41) is 11.7. The van der Waals surface area contributed by atoms with Gasteiger partial charge in [0.05, 0.1) is 6.61 Å². The largest absolute Gasteiger partial charge is 0.478 e. The summed E-state index contributed by atoms with van der Waals surface area (Å²) in [6.45, 7) is 7.38. The molecule has 0 aromatic rings. The van der Waals surface area contributed by atoms with Crippen LogP contribution in [0.2, 0.25) is 0 Å². The van der Waals surface area contributed by atoms with Crippen molar-refractivity contribution < 1.29 is 9.47 Å².